The van der Waals surface area contributed by atoms with E-state index in [2.05, 4.69) is 5.32 Å². The van der Waals surface area contributed by atoms with E-state index < -0.39 is 11.6 Å². The average molecular weight is 290 g/mol. The lowest BCUT2D eigenvalue weighted by molar-refractivity contribution is 0.0954. The summed E-state index contributed by atoms with van der Waals surface area (Å²) >= 11 is 0. The van der Waals surface area contributed by atoms with Gasteiger partial charge in [-0.2, -0.15) is 0 Å². The lowest BCUT2D eigenvalue weighted by Crippen LogP contribution is -2.25. The maximum Gasteiger partial charge on any atom is 0.251 e. The minimum atomic E-state index is -0.622. The molecule has 0 fully saturated rings. The number of nitrogens with two attached hydrogens (primary N) is 1. The Morgan fingerprint density at radius 2 is 1.76 bits per heavy atom. The molecule has 0 saturated carbocycles. The Labute approximate surface area is 121 Å². The third-order valence-corrected chi connectivity index (χ3v) is 2.98. The molecule has 110 valence electrons. The van der Waals surface area contributed by atoms with E-state index in [0.717, 1.165) is 11.6 Å². The van der Waals surface area contributed by atoms with Gasteiger partial charge in [-0.25, -0.2) is 8.78 Å². The molecular weight excluding hydrogens is 274 g/mol. The highest BCUT2D eigenvalue weighted by Gasteiger charge is 2.07. The van der Waals surface area contributed by atoms with Gasteiger partial charge in [0.2, 0.25) is 0 Å². The molecule has 0 spiro atoms. The van der Waals surface area contributed by atoms with Crippen LogP contribution in [0.3, 0.4) is 0 Å². The summed E-state index contributed by atoms with van der Waals surface area (Å²) in [6.07, 6.45) is 0.349. The number of nitrogens with one attached hydrogen (secondary N) is 1. The van der Waals surface area contributed by atoms with Gasteiger partial charge < -0.3 is 11.1 Å². The van der Waals surface area contributed by atoms with Gasteiger partial charge in [0, 0.05) is 23.9 Å². The zero-order chi connectivity index (χ0) is 15.4. The number of carbonyl (C=O) groups excluding carboxylic acids is 1. The van der Waals surface area contributed by atoms with Crippen molar-refractivity contribution in [1.29, 1.82) is 0 Å². The molecule has 0 unspecified atom stereocenters. The van der Waals surface area contributed by atoms with Gasteiger partial charge in [0.25, 0.3) is 5.91 Å². The van der Waals surface area contributed by atoms with E-state index in [1.54, 1.807) is 18.2 Å². The van der Waals surface area contributed by atoms with Crippen LogP contribution in [0.25, 0.3) is 0 Å². The molecule has 5 heteroatoms. The zero-order valence-electron chi connectivity index (χ0n) is 11.6. The summed E-state index contributed by atoms with van der Waals surface area (Å²) in [6, 6.07) is 8.40. The van der Waals surface area contributed by atoms with E-state index in [0.29, 0.717) is 23.2 Å². The predicted octanol–water partition coefficient (Wildman–Crippen LogP) is 2.83. The van der Waals surface area contributed by atoms with Gasteiger partial charge in [-0.1, -0.05) is 0 Å². The van der Waals surface area contributed by atoms with Crippen LogP contribution in [-0.2, 0) is 6.42 Å². The minimum Gasteiger partial charge on any atom is -0.399 e. The monoisotopic (exact) mass is 290 g/mol. The Morgan fingerprint density at radius 3 is 2.38 bits per heavy atom. The molecule has 0 aromatic heterocycles. The zero-order valence-corrected chi connectivity index (χ0v) is 11.6. The fourth-order valence-electron chi connectivity index (χ4n) is 2.12. The van der Waals surface area contributed by atoms with Crippen LogP contribution in [0.15, 0.2) is 36.4 Å². The fraction of sp³-hybridized carbons (Fsp3) is 0.188. The number of nitrogen functional groups attached to an aromatic ring is 1. The van der Waals surface area contributed by atoms with E-state index in [9.17, 15) is 13.6 Å². The smallest absolute Gasteiger partial charge is 0.251 e. The van der Waals surface area contributed by atoms with Gasteiger partial charge >= 0.3 is 0 Å². The molecule has 0 atom stereocenters. The second kappa shape index (κ2) is 6.35. The number of benzene rings is 2. The van der Waals surface area contributed by atoms with Crippen molar-refractivity contribution >= 4 is 11.6 Å². The first kappa shape index (κ1) is 15.0. The van der Waals surface area contributed by atoms with Crippen LogP contribution in [0, 0.1) is 18.6 Å². The van der Waals surface area contributed by atoms with Crippen LogP contribution >= 0.6 is 0 Å². The van der Waals surface area contributed by atoms with Crippen molar-refractivity contribution in [2.24, 2.45) is 0 Å². The molecular formula is C16H16F2N2O. The van der Waals surface area contributed by atoms with Crippen molar-refractivity contribution in [2.45, 2.75) is 13.3 Å². The van der Waals surface area contributed by atoms with Crippen molar-refractivity contribution in [3.63, 3.8) is 0 Å². The summed E-state index contributed by atoms with van der Waals surface area (Å²) in [6.45, 7) is 2.14. The van der Waals surface area contributed by atoms with Crippen LogP contribution in [0.4, 0.5) is 14.5 Å². The van der Waals surface area contributed by atoms with E-state index in [1.165, 1.54) is 12.1 Å². The highest BCUT2D eigenvalue weighted by atomic mass is 19.1. The largest absolute Gasteiger partial charge is 0.399 e. The standard InChI is InChI=1S/C16H16F2N2O/c1-10-4-12(8-15(19)5-10)16(21)20-3-2-11-6-13(17)9-14(18)7-11/h4-9H,2-3,19H2,1H3,(H,20,21). The summed E-state index contributed by atoms with van der Waals surface area (Å²) in [5.41, 5.74) is 8.07. The van der Waals surface area contributed by atoms with Crippen molar-refractivity contribution in [3.8, 4) is 0 Å². The third kappa shape index (κ3) is 4.27. The minimum absolute atomic E-state index is 0.262. The third-order valence-electron chi connectivity index (χ3n) is 2.98. The predicted molar refractivity (Wildman–Crippen MR) is 78.0 cm³/mol. The maximum absolute atomic E-state index is 13.0. The molecule has 3 nitrogen and oxygen atoms in total. The number of halogens is 2. The van der Waals surface area contributed by atoms with Crippen LogP contribution in [0.1, 0.15) is 21.5 Å². The van der Waals surface area contributed by atoms with Crippen LogP contribution in [0.2, 0.25) is 0 Å². The molecule has 0 aliphatic rings. The first-order valence-corrected chi connectivity index (χ1v) is 6.54. The number of aryl methyl sites for hydroxylation is 1. The van der Waals surface area contributed by atoms with Gasteiger partial charge in [-0.05, 0) is 54.8 Å². The Bertz CT molecular complexity index is 631. The highest BCUT2D eigenvalue weighted by molar-refractivity contribution is 5.95. The molecule has 0 bridgehead atoms. The lowest BCUT2D eigenvalue weighted by Gasteiger charge is -2.07. The topological polar surface area (TPSA) is 55.1 Å². The molecule has 2 aromatic rings. The molecule has 0 saturated heterocycles. The molecule has 21 heavy (non-hydrogen) atoms. The summed E-state index contributed by atoms with van der Waals surface area (Å²) < 4.78 is 26.1. The van der Waals surface area contributed by atoms with E-state index in [1.807, 2.05) is 6.92 Å². The Balaban J connectivity index is 1.95. The highest BCUT2D eigenvalue weighted by Crippen LogP contribution is 2.11. The Hall–Kier alpha value is -2.43. The lowest BCUT2D eigenvalue weighted by atomic mass is 10.1. The molecule has 1 amide bonds. The number of rotatable bonds is 4. The second-order valence-electron chi connectivity index (χ2n) is 4.92. The Morgan fingerprint density at radius 1 is 1.10 bits per heavy atom. The fourth-order valence-corrected chi connectivity index (χ4v) is 2.12. The number of carbonyl (C=O) groups is 1. The summed E-state index contributed by atoms with van der Waals surface area (Å²) in [4.78, 5) is 12.0. The molecule has 2 aromatic carbocycles. The van der Waals surface area contributed by atoms with Crippen LogP contribution < -0.4 is 11.1 Å². The van der Waals surface area contributed by atoms with Crippen molar-refractivity contribution < 1.29 is 13.6 Å². The van der Waals surface area contributed by atoms with Crippen molar-refractivity contribution in [1.82, 2.24) is 5.32 Å². The first-order valence-electron chi connectivity index (χ1n) is 6.54. The van der Waals surface area contributed by atoms with Crippen molar-refractivity contribution in [3.05, 3.63) is 64.7 Å². The van der Waals surface area contributed by atoms with Gasteiger partial charge in [-0.15, -0.1) is 0 Å². The molecule has 2 rings (SSSR count). The van der Waals surface area contributed by atoms with E-state index in [4.69, 9.17) is 5.73 Å². The molecule has 0 heterocycles. The summed E-state index contributed by atoms with van der Waals surface area (Å²) in [5.74, 6) is -1.51. The quantitative estimate of drug-likeness (QED) is 0.851. The summed E-state index contributed by atoms with van der Waals surface area (Å²) in [7, 11) is 0. The number of hydrogen-bond donors (Lipinski definition) is 2. The van der Waals surface area contributed by atoms with Crippen molar-refractivity contribution in [2.75, 3.05) is 12.3 Å². The maximum atomic E-state index is 13.0. The number of hydrogen-bond acceptors (Lipinski definition) is 2. The first-order chi connectivity index (χ1) is 9.94. The van der Waals surface area contributed by atoms with Gasteiger partial charge in [0.15, 0.2) is 0 Å². The SMILES string of the molecule is Cc1cc(N)cc(C(=O)NCCc2cc(F)cc(F)c2)c1. The molecule has 0 radical (unpaired) electrons. The molecule has 3 N–H and O–H groups in total. The second-order valence-corrected chi connectivity index (χ2v) is 4.92. The Kier molecular flexibility index (Phi) is 4.52. The van der Waals surface area contributed by atoms with Gasteiger partial charge in [0.05, 0.1) is 0 Å². The molecule has 0 aliphatic heterocycles. The average Bonchev–Trinajstić information content (AvgIpc) is 2.36. The van der Waals surface area contributed by atoms with E-state index >= 15 is 0 Å². The molecule has 0 aliphatic carbocycles. The normalized spacial score (nSPS) is 10.4. The number of amides is 1. The van der Waals surface area contributed by atoms with Gasteiger partial charge in [-0.3, -0.25) is 4.79 Å². The van der Waals surface area contributed by atoms with Crippen LogP contribution in [-0.4, -0.2) is 12.5 Å². The van der Waals surface area contributed by atoms with E-state index in [-0.39, 0.29) is 12.5 Å². The van der Waals surface area contributed by atoms with Gasteiger partial charge in [0.1, 0.15) is 11.6 Å². The number of anilines is 1. The van der Waals surface area contributed by atoms with Crippen LogP contribution in [0.5, 0.6) is 0 Å². The summed E-state index contributed by atoms with van der Waals surface area (Å²) in [5, 5.41) is 2.70.